The highest BCUT2D eigenvalue weighted by molar-refractivity contribution is 7.99. The van der Waals surface area contributed by atoms with E-state index in [4.69, 9.17) is 4.98 Å². The van der Waals surface area contributed by atoms with Gasteiger partial charge in [-0.25, -0.2) is 18.1 Å². The van der Waals surface area contributed by atoms with Gasteiger partial charge < -0.3 is 0 Å². The van der Waals surface area contributed by atoms with Gasteiger partial charge in [-0.2, -0.15) is 0 Å². The van der Waals surface area contributed by atoms with Gasteiger partial charge >= 0.3 is 0 Å². The molecule has 6 nitrogen and oxygen atoms in total. The molecular formula is C24H29N3O3S2. The lowest BCUT2D eigenvalue weighted by atomic mass is 9.96. The number of nitrogens with one attached hydrogen (secondary N) is 1. The molecule has 4 rings (SSSR count). The summed E-state index contributed by atoms with van der Waals surface area (Å²) < 4.78 is 30.6. The van der Waals surface area contributed by atoms with Crippen molar-refractivity contribution in [3.05, 3.63) is 65.0 Å². The normalized spacial score (nSPS) is 19.3. The molecule has 0 saturated heterocycles. The smallest absolute Gasteiger partial charge is 0.262 e. The Morgan fingerprint density at radius 3 is 2.56 bits per heavy atom. The number of sulfonamides is 1. The monoisotopic (exact) mass is 471 g/mol. The van der Waals surface area contributed by atoms with Crippen LogP contribution < -0.4 is 10.3 Å². The zero-order valence-electron chi connectivity index (χ0n) is 18.2. The second-order valence-electron chi connectivity index (χ2n) is 8.20. The van der Waals surface area contributed by atoms with Crippen LogP contribution in [0.15, 0.2) is 69.4 Å². The van der Waals surface area contributed by atoms with Gasteiger partial charge in [-0.15, -0.1) is 0 Å². The number of unbranched alkanes of at least 4 members (excludes halogenated alkanes) is 1. The molecule has 32 heavy (non-hydrogen) atoms. The van der Waals surface area contributed by atoms with E-state index in [9.17, 15) is 13.2 Å². The van der Waals surface area contributed by atoms with Crippen molar-refractivity contribution in [2.75, 3.05) is 0 Å². The highest BCUT2D eigenvalue weighted by Crippen LogP contribution is 2.34. The summed E-state index contributed by atoms with van der Waals surface area (Å²) in [6, 6.07) is 15.7. The molecule has 1 saturated carbocycles. The summed E-state index contributed by atoms with van der Waals surface area (Å²) in [6.45, 7) is 2.71. The van der Waals surface area contributed by atoms with Crippen LogP contribution in [0.3, 0.4) is 0 Å². The van der Waals surface area contributed by atoms with Crippen molar-refractivity contribution < 1.29 is 8.42 Å². The third kappa shape index (κ3) is 5.08. The Labute approximate surface area is 193 Å². The second-order valence-corrected chi connectivity index (χ2v) is 11.1. The first-order valence-corrected chi connectivity index (χ1v) is 13.6. The van der Waals surface area contributed by atoms with Gasteiger partial charge in [-0.3, -0.25) is 9.36 Å². The van der Waals surface area contributed by atoms with Crippen LogP contribution >= 0.6 is 11.8 Å². The number of benzene rings is 2. The first kappa shape index (κ1) is 23.0. The number of thioether (sulfide) groups is 1. The summed E-state index contributed by atoms with van der Waals surface area (Å²) in [5.41, 5.74) is 0.661. The number of hydrogen-bond donors (Lipinski definition) is 1. The lowest BCUT2D eigenvalue weighted by molar-refractivity contribution is 0.421. The van der Waals surface area contributed by atoms with Crippen molar-refractivity contribution in [1.29, 1.82) is 0 Å². The first-order chi connectivity index (χ1) is 15.5. The van der Waals surface area contributed by atoms with E-state index >= 15 is 0 Å². The van der Waals surface area contributed by atoms with Crippen molar-refractivity contribution in [1.82, 2.24) is 14.3 Å². The largest absolute Gasteiger partial charge is 0.287 e. The molecule has 1 aliphatic carbocycles. The van der Waals surface area contributed by atoms with Crippen molar-refractivity contribution in [2.24, 2.45) is 0 Å². The molecule has 2 atom stereocenters. The van der Waals surface area contributed by atoms with Crippen LogP contribution in [0.1, 0.15) is 45.4 Å². The lowest BCUT2D eigenvalue weighted by Crippen LogP contribution is -2.44. The molecule has 1 heterocycles. The Balaban J connectivity index is 1.64. The fourth-order valence-corrected chi connectivity index (χ4v) is 6.92. The van der Waals surface area contributed by atoms with Crippen molar-refractivity contribution in [3.63, 3.8) is 0 Å². The second kappa shape index (κ2) is 10.2. The summed E-state index contributed by atoms with van der Waals surface area (Å²) in [5.74, 6) is 0. The van der Waals surface area contributed by atoms with E-state index in [0.717, 1.165) is 38.5 Å². The summed E-state index contributed by atoms with van der Waals surface area (Å²) in [4.78, 5) is 18.3. The van der Waals surface area contributed by atoms with Gasteiger partial charge in [0.15, 0.2) is 5.16 Å². The van der Waals surface area contributed by atoms with E-state index in [1.165, 1.54) is 11.8 Å². The van der Waals surface area contributed by atoms with E-state index in [0.29, 0.717) is 22.6 Å². The maximum atomic E-state index is 13.2. The molecular weight excluding hydrogens is 442 g/mol. The maximum Gasteiger partial charge on any atom is 0.262 e. The van der Waals surface area contributed by atoms with Gasteiger partial charge in [0.2, 0.25) is 10.0 Å². The fourth-order valence-electron chi connectivity index (χ4n) is 4.13. The predicted molar refractivity (Wildman–Crippen MR) is 130 cm³/mol. The summed E-state index contributed by atoms with van der Waals surface area (Å²) in [7, 11) is -3.60. The average Bonchev–Trinajstić information content (AvgIpc) is 2.81. The Bertz CT molecular complexity index is 1230. The lowest BCUT2D eigenvalue weighted by Gasteiger charge is -2.31. The minimum Gasteiger partial charge on any atom is -0.287 e. The molecule has 0 bridgehead atoms. The predicted octanol–water partition coefficient (Wildman–Crippen LogP) is 4.58. The molecule has 0 spiro atoms. The number of rotatable bonds is 8. The molecule has 1 aliphatic rings. The topological polar surface area (TPSA) is 81.1 Å². The summed E-state index contributed by atoms with van der Waals surface area (Å²) in [6.07, 6.45) is 5.54. The minimum absolute atomic E-state index is 0.0168. The molecule has 0 aliphatic heterocycles. The van der Waals surface area contributed by atoms with Crippen LogP contribution in [-0.2, 0) is 16.6 Å². The number of hydrogen-bond acceptors (Lipinski definition) is 5. The quantitative estimate of drug-likeness (QED) is 0.487. The van der Waals surface area contributed by atoms with Crippen molar-refractivity contribution in [3.8, 4) is 0 Å². The minimum atomic E-state index is -3.60. The van der Waals surface area contributed by atoms with Crippen LogP contribution in [0, 0.1) is 0 Å². The van der Waals surface area contributed by atoms with Crippen LogP contribution in [-0.4, -0.2) is 29.3 Å². The van der Waals surface area contributed by atoms with Gasteiger partial charge in [-0.1, -0.05) is 68.3 Å². The van der Waals surface area contributed by atoms with Gasteiger partial charge in [0.05, 0.1) is 15.8 Å². The zero-order chi connectivity index (χ0) is 22.6. The Hall–Kier alpha value is -2.16. The van der Waals surface area contributed by atoms with Crippen molar-refractivity contribution >= 4 is 32.7 Å². The van der Waals surface area contributed by atoms with Gasteiger partial charge in [-0.05, 0) is 43.5 Å². The van der Waals surface area contributed by atoms with Gasteiger partial charge in [0.1, 0.15) is 0 Å². The van der Waals surface area contributed by atoms with Crippen LogP contribution in [0.2, 0.25) is 0 Å². The molecule has 1 N–H and O–H groups in total. The molecule has 0 radical (unpaired) electrons. The van der Waals surface area contributed by atoms with Gasteiger partial charge in [0.25, 0.3) is 5.56 Å². The summed E-state index contributed by atoms with van der Waals surface area (Å²) in [5, 5.41) is 1.32. The van der Waals surface area contributed by atoms with Crippen molar-refractivity contribution in [2.45, 2.75) is 73.3 Å². The Kier molecular flexibility index (Phi) is 7.33. The fraction of sp³-hybridized carbons (Fsp3) is 0.417. The molecule has 2 aromatic carbocycles. The van der Waals surface area contributed by atoms with E-state index in [1.807, 2.05) is 24.3 Å². The van der Waals surface area contributed by atoms with Crippen LogP contribution in [0.25, 0.3) is 10.9 Å². The maximum absolute atomic E-state index is 13.2. The third-order valence-electron chi connectivity index (χ3n) is 5.88. The number of nitrogens with zero attached hydrogens (tertiary/aromatic N) is 2. The molecule has 1 aromatic heterocycles. The average molecular weight is 472 g/mol. The van der Waals surface area contributed by atoms with E-state index in [2.05, 4.69) is 11.6 Å². The Morgan fingerprint density at radius 2 is 1.78 bits per heavy atom. The number of para-hydroxylation sites is 1. The SMILES string of the molecule is CCCCn1c(S[C@H]2CCCC[C@@H]2NS(=O)(=O)c2ccccc2)nc2ccccc2c1=O. The Morgan fingerprint density at radius 1 is 1.06 bits per heavy atom. The highest BCUT2D eigenvalue weighted by Gasteiger charge is 2.31. The molecule has 0 amide bonds. The number of fused-ring (bicyclic) bond motifs is 1. The van der Waals surface area contributed by atoms with E-state index in [1.54, 1.807) is 34.9 Å². The highest BCUT2D eigenvalue weighted by atomic mass is 32.2. The van der Waals surface area contributed by atoms with Crippen LogP contribution in [0.5, 0.6) is 0 Å². The molecule has 1 fully saturated rings. The van der Waals surface area contributed by atoms with E-state index in [-0.39, 0.29) is 21.7 Å². The number of aromatic nitrogens is 2. The third-order valence-corrected chi connectivity index (χ3v) is 8.78. The van der Waals surface area contributed by atoms with Gasteiger partial charge in [0, 0.05) is 17.8 Å². The standard InChI is InChI=1S/C24H29N3O3S2/c1-2-3-17-27-23(28)19-13-7-8-14-20(19)25-24(27)31-22-16-10-9-15-21(22)26-32(29,30)18-11-5-4-6-12-18/h4-8,11-14,21-22,26H,2-3,9-10,15-17H2,1H3/t21-,22-/m0/s1. The molecule has 170 valence electrons. The molecule has 3 aromatic rings. The molecule has 0 unspecified atom stereocenters. The van der Waals surface area contributed by atoms with Crippen LogP contribution in [0.4, 0.5) is 0 Å². The van der Waals surface area contributed by atoms with E-state index < -0.39 is 10.0 Å². The first-order valence-electron chi connectivity index (χ1n) is 11.2. The zero-order valence-corrected chi connectivity index (χ0v) is 19.9. The summed E-state index contributed by atoms with van der Waals surface area (Å²) >= 11 is 1.54. The molecule has 8 heteroatoms.